The number of amidine groups is 1. The molecule has 2 unspecified atom stereocenters. The number of carbonyl (C=O) groups is 1. The van der Waals surface area contributed by atoms with E-state index >= 15 is 0 Å². The second-order valence-corrected chi connectivity index (χ2v) is 7.39. The van der Waals surface area contributed by atoms with E-state index in [0.717, 1.165) is 19.3 Å². The van der Waals surface area contributed by atoms with Crippen molar-refractivity contribution in [1.82, 2.24) is 5.01 Å². The lowest BCUT2D eigenvalue weighted by Crippen LogP contribution is -2.38. The van der Waals surface area contributed by atoms with Crippen LogP contribution in [0.2, 0.25) is 0 Å². The fourth-order valence-corrected chi connectivity index (χ4v) is 2.52. The Morgan fingerprint density at radius 3 is 2.75 bits per heavy atom. The summed E-state index contributed by atoms with van der Waals surface area (Å²) in [7, 11) is 0. The van der Waals surface area contributed by atoms with E-state index in [1.165, 1.54) is 6.34 Å². The zero-order valence-corrected chi connectivity index (χ0v) is 16.7. The molecule has 2 aliphatic rings. The summed E-state index contributed by atoms with van der Waals surface area (Å²) in [6.07, 6.45) is 5.81. The van der Waals surface area contributed by atoms with Crippen molar-refractivity contribution in [3.05, 3.63) is 24.4 Å². The van der Waals surface area contributed by atoms with Gasteiger partial charge in [0.2, 0.25) is 0 Å². The Morgan fingerprint density at radius 1 is 1.39 bits per heavy atom. The van der Waals surface area contributed by atoms with Gasteiger partial charge < -0.3 is 30.9 Å². The standard InChI is InChI=1S/C18H28N4O4.2H2O/c1-5-6-14-16(19)20-12-21-22(14)15-8-7-13(26-15)11-25-17(23)24-10-9-18(2,3)4;;/h5-6,12-13,15H,1,7-11H2,2-4H3,(H2,19,20,21);2*1H2/b14-6-;;. The predicted octanol–water partition coefficient (Wildman–Crippen LogP) is 1.12. The largest absolute Gasteiger partial charge is 0.508 e. The minimum absolute atomic E-state index is 0. The average molecular weight is 400 g/mol. The van der Waals surface area contributed by atoms with Gasteiger partial charge in [0.05, 0.1) is 12.7 Å². The van der Waals surface area contributed by atoms with Crippen molar-refractivity contribution in [2.45, 2.75) is 52.4 Å². The third-order valence-corrected chi connectivity index (χ3v) is 3.97. The molecular weight excluding hydrogens is 368 g/mol. The van der Waals surface area contributed by atoms with Crippen LogP contribution < -0.4 is 5.73 Å². The first kappa shape index (κ1) is 25.6. The lowest BCUT2D eigenvalue weighted by molar-refractivity contribution is -0.0617. The Hall–Kier alpha value is -2.43. The molecule has 2 aliphatic heterocycles. The van der Waals surface area contributed by atoms with Crippen LogP contribution in [0.1, 0.15) is 40.0 Å². The smallest absolute Gasteiger partial charge is 0.434 e. The van der Waals surface area contributed by atoms with Crippen LogP contribution in [-0.4, -0.2) is 59.8 Å². The first-order valence-corrected chi connectivity index (χ1v) is 8.73. The maximum Gasteiger partial charge on any atom is 0.508 e. The molecule has 2 atom stereocenters. The van der Waals surface area contributed by atoms with Gasteiger partial charge in [-0.25, -0.2) is 14.8 Å². The summed E-state index contributed by atoms with van der Waals surface area (Å²) in [5.41, 5.74) is 6.64. The number of carbonyl (C=O) groups excluding carboxylic acids is 1. The number of hydrogen-bond acceptors (Lipinski definition) is 8. The predicted molar refractivity (Wildman–Crippen MR) is 107 cm³/mol. The van der Waals surface area contributed by atoms with Crippen LogP contribution in [0.25, 0.3) is 0 Å². The van der Waals surface area contributed by atoms with Gasteiger partial charge in [0.15, 0.2) is 12.1 Å². The summed E-state index contributed by atoms with van der Waals surface area (Å²) in [6, 6.07) is 0. The lowest BCUT2D eigenvalue weighted by atomic mass is 9.93. The number of nitrogens with two attached hydrogens (primary N) is 1. The maximum absolute atomic E-state index is 11.7. The number of nitrogens with zero attached hydrogens (tertiary/aromatic N) is 3. The number of allylic oxidation sites excluding steroid dienone is 2. The van der Waals surface area contributed by atoms with E-state index in [4.69, 9.17) is 19.9 Å². The van der Waals surface area contributed by atoms with Gasteiger partial charge in [0.1, 0.15) is 18.6 Å². The van der Waals surface area contributed by atoms with E-state index < -0.39 is 6.16 Å². The van der Waals surface area contributed by atoms with Gasteiger partial charge in [-0.2, -0.15) is 5.10 Å². The van der Waals surface area contributed by atoms with E-state index in [9.17, 15) is 4.79 Å². The normalized spacial score (nSPS) is 22.8. The Morgan fingerprint density at radius 2 is 2.11 bits per heavy atom. The Labute approximate surface area is 165 Å². The van der Waals surface area contributed by atoms with E-state index in [1.54, 1.807) is 17.2 Å². The number of aliphatic imine (C=N–C) groups is 1. The molecule has 0 aromatic rings. The molecule has 1 fully saturated rings. The minimum Gasteiger partial charge on any atom is -0.434 e. The minimum atomic E-state index is -0.666. The Kier molecular flexibility index (Phi) is 10.4. The van der Waals surface area contributed by atoms with Gasteiger partial charge in [-0.15, -0.1) is 0 Å². The van der Waals surface area contributed by atoms with Crippen molar-refractivity contribution in [2.24, 2.45) is 21.2 Å². The highest BCUT2D eigenvalue weighted by Gasteiger charge is 2.33. The van der Waals surface area contributed by atoms with E-state index in [2.05, 4.69) is 37.4 Å². The molecule has 28 heavy (non-hydrogen) atoms. The van der Waals surface area contributed by atoms with Crippen LogP contribution in [0.4, 0.5) is 4.79 Å². The molecule has 10 heteroatoms. The summed E-state index contributed by atoms with van der Waals surface area (Å²) in [5.74, 6) is 0.352. The van der Waals surface area contributed by atoms with Gasteiger partial charge in [0, 0.05) is 0 Å². The van der Waals surface area contributed by atoms with Crippen LogP contribution in [0.15, 0.2) is 34.5 Å². The van der Waals surface area contributed by atoms with Crippen molar-refractivity contribution in [3.8, 4) is 0 Å². The summed E-state index contributed by atoms with van der Waals surface area (Å²) in [5, 5.41) is 5.89. The van der Waals surface area contributed by atoms with Crippen LogP contribution in [0.5, 0.6) is 0 Å². The first-order valence-electron chi connectivity index (χ1n) is 8.73. The molecule has 10 nitrogen and oxygen atoms in total. The number of hydrogen-bond donors (Lipinski definition) is 1. The molecule has 0 radical (unpaired) electrons. The van der Waals surface area contributed by atoms with Crippen LogP contribution in [0, 0.1) is 5.41 Å². The van der Waals surface area contributed by atoms with Gasteiger partial charge >= 0.3 is 6.16 Å². The summed E-state index contributed by atoms with van der Waals surface area (Å²) < 4.78 is 16.2. The van der Waals surface area contributed by atoms with E-state index in [0.29, 0.717) is 18.1 Å². The highest BCUT2D eigenvalue weighted by molar-refractivity contribution is 6.01. The average Bonchev–Trinajstić information content (AvgIpc) is 3.02. The van der Waals surface area contributed by atoms with Gasteiger partial charge in [-0.05, 0) is 30.8 Å². The topological polar surface area (TPSA) is 162 Å². The number of ether oxygens (including phenoxy) is 3. The molecule has 1 saturated heterocycles. The number of hydrazone groups is 1. The zero-order valence-electron chi connectivity index (χ0n) is 16.7. The second kappa shape index (κ2) is 11.4. The summed E-state index contributed by atoms with van der Waals surface area (Å²) in [6.45, 7) is 10.4. The monoisotopic (exact) mass is 400 g/mol. The SMILES string of the molecule is C=C/C=C1/C(N)=NC=NN1C1CCC(COC(=O)OCCC(C)(C)C)O1.O.O. The first-order chi connectivity index (χ1) is 12.3. The lowest BCUT2D eigenvalue weighted by Gasteiger charge is -2.29. The quantitative estimate of drug-likeness (QED) is 0.657. The van der Waals surface area contributed by atoms with Crippen molar-refractivity contribution in [3.63, 3.8) is 0 Å². The molecule has 0 aliphatic carbocycles. The molecule has 0 saturated carbocycles. The molecule has 2 rings (SSSR count). The van der Waals surface area contributed by atoms with Gasteiger partial charge in [0.25, 0.3) is 0 Å². The fourth-order valence-electron chi connectivity index (χ4n) is 2.52. The molecule has 0 amide bonds. The van der Waals surface area contributed by atoms with Gasteiger partial charge in [-0.3, -0.25) is 0 Å². The highest BCUT2D eigenvalue weighted by Crippen LogP contribution is 2.27. The Bertz CT molecular complexity index is 612. The zero-order chi connectivity index (χ0) is 19.2. The second-order valence-electron chi connectivity index (χ2n) is 7.39. The summed E-state index contributed by atoms with van der Waals surface area (Å²) >= 11 is 0. The molecule has 160 valence electrons. The van der Waals surface area contributed by atoms with Crippen molar-refractivity contribution in [2.75, 3.05) is 13.2 Å². The summed E-state index contributed by atoms with van der Waals surface area (Å²) in [4.78, 5) is 15.6. The van der Waals surface area contributed by atoms with Gasteiger partial charge in [-0.1, -0.05) is 33.4 Å². The molecule has 6 N–H and O–H groups in total. The molecule has 0 spiro atoms. The maximum atomic E-state index is 11.7. The number of rotatable bonds is 6. The molecular formula is C18H32N4O6. The van der Waals surface area contributed by atoms with Crippen LogP contribution >= 0.6 is 0 Å². The fraction of sp³-hybridized carbons (Fsp3) is 0.611. The van der Waals surface area contributed by atoms with Crippen LogP contribution in [0.3, 0.4) is 0 Å². The van der Waals surface area contributed by atoms with Crippen molar-refractivity contribution >= 4 is 18.3 Å². The molecule has 2 heterocycles. The highest BCUT2D eigenvalue weighted by atomic mass is 16.7. The van der Waals surface area contributed by atoms with E-state index in [-0.39, 0.29) is 35.3 Å². The molecule has 0 aromatic heterocycles. The Balaban J connectivity index is 0.00000364. The van der Waals surface area contributed by atoms with Crippen LogP contribution in [-0.2, 0) is 14.2 Å². The van der Waals surface area contributed by atoms with Crippen molar-refractivity contribution < 1.29 is 30.0 Å². The molecule has 0 bridgehead atoms. The van der Waals surface area contributed by atoms with E-state index in [1.807, 2.05) is 0 Å². The molecule has 0 aromatic carbocycles. The third kappa shape index (κ3) is 7.67. The van der Waals surface area contributed by atoms with Crippen molar-refractivity contribution in [1.29, 1.82) is 0 Å². The third-order valence-electron chi connectivity index (χ3n) is 3.97.